The molecule has 0 fully saturated rings. The van der Waals surface area contributed by atoms with E-state index >= 15 is 0 Å². The van der Waals surface area contributed by atoms with Gasteiger partial charge in [0.1, 0.15) is 5.75 Å². The van der Waals surface area contributed by atoms with Crippen molar-refractivity contribution in [2.24, 2.45) is 0 Å². The first-order valence-electron chi connectivity index (χ1n) is 7.14. The molecule has 0 aliphatic heterocycles. The summed E-state index contributed by atoms with van der Waals surface area (Å²) in [5, 5.41) is 2.84. The van der Waals surface area contributed by atoms with E-state index in [0.29, 0.717) is 5.75 Å². The van der Waals surface area contributed by atoms with Gasteiger partial charge in [0.05, 0.1) is 11.6 Å². The van der Waals surface area contributed by atoms with E-state index in [2.05, 4.69) is 44.1 Å². The second-order valence-electron chi connectivity index (χ2n) is 4.88. The van der Waals surface area contributed by atoms with Crippen molar-refractivity contribution in [1.82, 2.24) is 0 Å². The standard InChI is InChI=1S/C18H17Br2NO2/c1-3-12-4-7-15(8-5-12)21-17(22)9-6-13-10-14(19)11-16(20)18(13)23-2/h4-11H,3H2,1-2H3,(H,21,22). The third kappa shape index (κ3) is 4.94. The van der Waals surface area contributed by atoms with Crippen LogP contribution in [0.1, 0.15) is 18.1 Å². The van der Waals surface area contributed by atoms with Gasteiger partial charge in [-0.15, -0.1) is 0 Å². The van der Waals surface area contributed by atoms with Gasteiger partial charge < -0.3 is 10.1 Å². The zero-order valence-corrected chi connectivity index (χ0v) is 16.1. The van der Waals surface area contributed by atoms with Crippen LogP contribution in [0.3, 0.4) is 0 Å². The van der Waals surface area contributed by atoms with E-state index in [1.54, 1.807) is 13.2 Å². The number of carbonyl (C=O) groups is 1. The minimum atomic E-state index is -0.188. The molecule has 0 aliphatic rings. The van der Waals surface area contributed by atoms with Crippen LogP contribution in [0.15, 0.2) is 51.4 Å². The molecule has 0 unspecified atom stereocenters. The molecule has 0 heterocycles. The average Bonchev–Trinajstić information content (AvgIpc) is 2.53. The fourth-order valence-corrected chi connectivity index (χ4v) is 3.51. The minimum Gasteiger partial charge on any atom is -0.495 e. The molecule has 0 aliphatic carbocycles. The molecule has 1 amide bonds. The van der Waals surface area contributed by atoms with Crippen LogP contribution in [0.4, 0.5) is 5.69 Å². The highest BCUT2D eigenvalue weighted by Crippen LogP contribution is 2.33. The lowest BCUT2D eigenvalue weighted by Crippen LogP contribution is -2.07. The summed E-state index contributed by atoms with van der Waals surface area (Å²) in [6, 6.07) is 11.6. The molecule has 0 saturated carbocycles. The number of aryl methyl sites for hydroxylation is 1. The molecule has 0 bridgehead atoms. The Morgan fingerprint density at radius 3 is 2.52 bits per heavy atom. The lowest BCUT2D eigenvalue weighted by molar-refractivity contribution is -0.111. The summed E-state index contributed by atoms with van der Waals surface area (Å²) in [5.41, 5.74) is 2.83. The predicted molar refractivity (Wildman–Crippen MR) is 102 cm³/mol. The van der Waals surface area contributed by atoms with Crippen LogP contribution in [-0.4, -0.2) is 13.0 Å². The van der Waals surface area contributed by atoms with Crippen LogP contribution in [0, 0.1) is 0 Å². The van der Waals surface area contributed by atoms with Crippen molar-refractivity contribution in [2.75, 3.05) is 12.4 Å². The third-order valence-electron chi connectivity index (χ3n) is 3.29. The Kier molecular flexibility index (Phi) is 6.42. The minimum absolute atomic E-state index is 0.188. The summed E-state index contributed by atoms with van der Waals surface area (Å²) in [6.07, 6.45) is 4.19. The second kappa shape index (κ2) is 8.31. The quantitative estimate of drug-likeness (QED) is 0.631. The van der Waals surface area contributed by atoms with E-state index in [-0.39, 0.29) is 5.91 Å². The van der Waals surface area contributed by atoms with Crippen molar-refractivity contribution in [3.63, 3.8) is 0 Å². The van der Waals surface area contributed by atoms with Crippen molar-refractivity contribution in [3.05, 3.63) is 62.5 Å². The van der Waals surface area contributed by atoms with Gasteiger partial charge in [-0.25, -0.2) is 0 Å². The largest absolute Gasteiger partial charge is 0.495 e. The van der Waals surface area contributed by atoms with Crippen molar-refractivity contribution in [1.29, 1.82) is 0 Å². The van der Waals surface area contributed by atoms with E-state index in [1.165, 1.54) is 11.6 Å². The average molecular weight is 439 g/mol. The van der Waals surface area contributed by atoms with Crippen LogP contribution < -0.4 is 10.1 Å². The molecule has 3 nitrogen and oxygen atoms in total. The maximum atomic E-state index is 12.0. The Morgan fingerprint density at radius 1 is 1.22 bits per heavy atom. The Morgan fingerprint density at radius 2 is 1.91 bits per heavy atom. The Labute approximate surface area is 153 Å². The SMILES string of the molecule is CCc1ccc(NC(=O)C=Cc2cc(Br)cc(Br)c2OC)cc1. The van der Waals surface area contributed by atoms with Gasteiger partial charge >= 0.3 is 0 Å². The number of hydrogen-bond acceptors (Lipinski definition) is 2. The van der Waals surface area contributed by atoms with E-state index in [4.69, 9.17) is 4.74 Å². The third-order valence-corrected chi connectivity index (χ3v) is 4.33. The van der Waals surface area contributed by atoms with Crippen molar-refractivity contribution < 1.29 is 9.53 Å². The molecule has 0 radical (unpaired) electrons. The molecule has 0 saturated heterocycles. The maximum Gasteiger partial charge on any atom is 0.248 e. The smallest absolute Gasteiger partial charge is 0.248 e. The van der Waals surface area contributed by atoms with Gasteiger partial charge in [0.2, 0.25) is 5.91 Å². The Hall–Kier alpha value is -1.59. The van der Waals surface area contributed by atoms with Crippen molar-refractivity contribution in [3.8, 4) is 5.75 Å². The summed E-state index contributed by atoms with van der Waals surface area (Å²) in [7, 11) is 1.60. The monoisotopic (exact) mass is 437 g/mol. The highest BCUT2D eigenvalue weighted by Gasteiger charge is 2.07. The number of halogens is 2. The second-order valence-corrected chi connectivity index (χ2v) is 6.65. The first kappa shape index (κ1) is 17.8. The van der Waals surface area contributed by atoms with E-state index in [9.17, 15) is 4.79 Å². The van der Waals surface area contributed by atoms with Crippen molar-refractivity contribution in [2.45, 2.75) is 13.3 Å². The molecule has 2 aromatic carbocycles. The Bertz CT molecular complexity index is 725. The highest BCUT2D eigenvalue weighted by molar-refractivity contribution is 9.11. The number of anilines is 1. The summed E-state index contributed by atoms with van der Waals surface area (Å²) >= 11 is 6.87. The van der Waals surface area contributed by atoms with Gasteiger partial charge in [0.15, 0.2) is 0 Å². The topological polar surface area (TPSA) is 38.3 Å². The van der Waals surface area contributed by atoms with Crippen molar-refractivity contribution >= 4 is 49.5 Å². The van der Waals surface area contributed by atoms with Gasteiger partial charge in [-0.05, 0) is 58.3 Å². The van der Waals surface area contributed by atoms with E-state index in [0.717, 1.165) is 26.6 Å². The first-order chi connectivity index (χ1) is 11.0. The van der Waals surface area contributed by atoms with Gasteiger partial charge in [-0.1, -0.05) is 35.0 Å². The summed E-state index contributed by atoms with van der Waals surface area (Å²) in [4.78, 5) is 12.0. The number of rotatable bonds is 5. The fraction of sp³-hybridized carbons (Fsp3) is 0.167. The molecule has 0 spiro atoms. The van der Waals surface area contributed by atoms with E-state index < -0.39 is 0 Å². The van der Waals surface area contributed by atoms with Gasteiger partial charge in [0.25, 0.3) is 0 Å². The van der Waals surface area contributed by atoms with Crippen LogP contribution in [0.25, 0.3) is 6.08 Å². The summed E-state index contributed by atoms with van der Waals surface area (Å²) < 4.78 is 7.08. The fourth-order valence-electron chi connectivity index (χ4n) is 2.09. The van der Waals surface area contributed by atoms with E-state index in [1.807, 2.05) is 36.4 Å². The number of nitrogens with one attached hydrogen (secondary N) is 1. The van der Waals surface area contributed by atoms with Crippen LogP contribution >= 0.6 is 31.9 Å². The van der Waals surface area contributed by atoms with Crippen LogP contribution in [0.5, 0.6) is 5.75 Å². The molecule has 120 valence electrons. The molecule has 0 atom stereocenters. The summed E-state index contributed by atoms with van der Waals surface area (Å²) in [5.74, 6) is 0.497. The molecule has 2 rings (SSSR count). The number of hydrogen-bond donors (Lipinski definition) is 1. The number of benzene rings is 2. The highest BCUT2D eigenvalue weighted by atomic mass is 79.9. The van der Waals surface area contributed by atoms with Crippen LogP contribution in [-0.2, 0) is 11.2 Å². The van der Waals surface area contributed by atoms with Gasteiger partial charge in [-0.2, -0.15) is 0 Å². The number of methoxy groups -OCH3 is 1. The molecule has 5 heteroatoms. The Balaban J connectivity index is 2.11. The normalized spacial score (nSPS) is 10.8. The molecule has 0 aromatic heterocycles. The van der Waals surface area contributed by atoms with Gasteiger partial charge in [0, 0.05) is 21.8 Å². The summed E-state index contributed by atoms with van der Waals surface area (Å²) in [6.45, 7) is 2.10. The lowest BCUT2D eigenvalue weighted by Gasteiger charge is -2.08. The predicted octanol–water partition coefficient (Wildman–Crippen LogP) is 5.43. The molecule has 1 N–H and O–H groups in total. The molecular weight excluding hydrogens is 422 g/mol. The lowest BCUT2D eigenvalue weighted by atomic mass is 10.1. The van der Waals surface area contributed by atoms with Crippen LogP contribution in [0.2, 0.25) is 0 Å². The zero-order chi connectivity index (χ0) is 16.8. The van der Waals surface area contributed by atoms with Gasteiger partial charge in [-0.3, -0.25) is 4.79 Å². The molecule has 23 heavy (non-hydrogen) atoms. The number of carbonyl (C=O) groups excluding carboxylic acids is 1. The molecule has 2 aromatic rings. The molecular formula is C18H17Br2NO2. The first-order valence-corrected chi connectivity index (χ1v) is 8.73. The maximum absolute atomic E-state index is 12.0. The zero-order valence-electron chi connectivity index (χ0n) is 12.9. The number of ether oxygens (including phenoxy) is 1. The number of amides is 1.